The minimum atomic E-state index is -0.129. The number of amides is 1. The lowest BCUT2D eigenvalue weighted by molar-refractivity contribution is -0.121. The van der Waals surface area contributed by atoms with E-state index < -0.39 is 0 Å². The van der Waals surface area contributed by atoms with Gasteiger partial charge in [-0.15, -0.1) is 0 Å². The Kier molecular flexibility index (Phi) is 5.76. The Morgan fingerprint density at radius 3 is 2.32 bits per heavy atom. The van der Waals surface area contributed by atoms with Crippen molar-refractivity contribution in [3.8, 4) is 5.75 Å². The molecule has 1 N–H and O–H groups in total. The second-order valence-electron chi connectivity index (χ2n) is 7.82. The van der Waals surface area contributed by atoms with Gasteiger partial charge in [-0.1, -0.05) is 54.6 Å². The van der Waals surface area contributed by atoms with Gasteiger partial charge in [0.2, 0.25) is 5.91 Å². The molecule has 1 aromatic heterocycles. The predicted octanol–water partition coefficient (Wildman–Crippen LogP) is 5.28. The van der Waals surface area contributed by atoms with E-state index >= 15 is 0 Å². The van der Waals surface area contributed by atoms with E-state index in [-0.39, 0.29) is 24.2 Å². The average Bonchev–Trinajstić information content (AvgIpc) is 3.15. The summed E-state index contributed by atoms with van der Waals surface area (Å²) in [6, 6.07) is 18.8. The third-order valence-electron chi connectivity index (χ3n) is 5.24. The van der Waals surface area contributed by atoms with Gasteiger partial charge < -0.3 is 14.5 Å². The van der Waals surface area contributed by atoms with Gasteiger partial charge in [0.1, 0.15) is 17.1 Å². The van der Waals surface area contributed by atoms with E-state index in [1.807, 2.05) is 62.4 Å². The molecule has 0 spiro atoms. The number of nitrogens with one attached hydrogen (secondary N) is 1. The molecular formula is C26H25NO4. The van der Waals surface area contributed by atoms with Gasteiger partial charge >= 0.3 is 0 Å². The number of benzene rings is 3. The van der Waals surface area contributed by atoms with Crippen molar-refractivity contribution in [2.24, 2.45) is 0 Å². The number of hydrogen-bond donors (Lipinski definition) is 1. The summed E-state index contributed by atoms with van der Waals surface area (Å²) in [5.41, 5.74) is 1.70. The summed E-state index contributed by atoms with van der Waals surface area (Å²) in [5.74, 6) is 0.989. The number of hydrogen-bond acceptors (Lipinski definition) is 4. The summed E-state index contributed by atoms with van der Waals surface area (Å²) in [5, 5.41) is 5.37. The van der Waals surface area contributed by atoms with Crippen molar-refractivity contribution < 1.29 is 18.7 Å². The lowest BCUT2D eigenvalue weighted by Crippen LogP contribution is -2.30. The van der Waals surface area contributed by atoms with Gasteiger partial charge in [-0.2, -0.15) is 0 Å². The van der Waals surface area contributed by atoms with Crippen molar-refractivity contribution in [3.05, 3.63) is 77.6 Å². The minimum absolute atomic E-state index is 0.0572. The second kappa shape index (κ2) is 8.64. The molecule has 5 heteroatoms. The molecule has 0 aliphatic rings. The topological polar surface area (TPSA) is 68.5 Å². The Labute approximate surface area is 181 Å². The van der Waals surface area contributed by atoms with E-state index in [0.29, 0.717) is 40.0 Å². The molecular weight excluding hydrogens is 390 g/mol. The molecule has 4 rings (SSSR count). The average molecular weight is 415 g/mol. The summed E-state index contributed by atoms with van der Waals surface area (Å²) < 4.78 is 11.9. The van der Waals surface area contributed by atoms with Crippen molar-refractivity contribution in [2.45, 2.75) is 32.7 Å². The Morgan fingerprint density at radius 2 is 1.65 bits per heavy atom. The molecule has 0 radical (unpaired) electrons. The molecule has 158 valence electrons. The third-order valence-corrected chi connectivity index (χ3v) is 5.24. The largest absolute Gasteiger partial charge is 0.496 e. The number of ether oxygens (including phenoxy) is 1. The summed E-state index contributed by atoms with van der Waals surface area (Å²) in [4.78, 5) is 25.7. The molecule has 0 fully saturated rings. The highest BCUT2D eigenvalue weighted by Crippen LogP contribution is 2.39. The summed E-state index contributed by atoms with van der Waals surface area (Å²) in [7, 11) is 1.61. The fraction of sp³-hybridized carbons (Fsp3) is 0.231. The molecule has 1 amide bonds. The van der Waals surface area contributed by atoms with E-state index in [9.17, 15) is 9.59 Å². The highest BCUT2D eigenvalue weighted by Gasteiger charge is 2.25. The number of ketones is 1. The van der Waals surface area contributed by atoms with Crippen LogP contribution in [0, 0.1) is 0 Å². The quantitative estimate of drug-likeness (QED) is 0.417. The van der Waals surface area contributed by atoms with E-state index in [0.717, 1.165) is 10.8 Å². The fourth-order valence-electron chi connectivity index (χ4n) is 3.88. The number of methoxy groups -OCH3 is 1. The standard InChI is InChI=1S/C26H25NO4/c1-16(2)27-23(28)14-13-21-24(25(29)17-9-5-4-6-10-17)20-15-22(30-3)18-11-7-8-12-19(18)26(20)31-21/h4-12,15-16H,13-14H2,1-3H3,(H,27,28). The van der Waals surface area contributed by atoms with Crippen LogP contribution in [-0.4, -0.2) is 24.8 Å². The molecule has 1 heterocycles. The lowest BCUT2D eigenvalue weighted by Gasteiger charge is -2.08. The fourth-order valence-corrected chi connectivity index (χ4v) is 3.88. The first kappa shape index (κ1) is 20.7. The zero-order chi connectivity index (χ0) is 22.0. The first-order chi connectivity index (χ1) is 15.0. The number of carbonyl (C=O) groups excluding carboxylic acids is 2. The Balaban J connectivity index is 1.89. The first-order valence-electron chi connectivity index (χ1n) is 10.4. The highest BCUT2D eigenvalue weighted by molar-refractivity contribution is 6.21. The van der Waals surface area contributed by atoms with Crippen molar-refractivity contribution in [1.82, 2.24) is 5.32 Å². The van der Waals surface area contributed by atoms with Crippen molar-refractivity contribution >= 4 is 33.4 Å². The number of rotatable bonds is 7. The van der Waals surface area contributed by atoms with Crippen LogP contribution in [0.1, 0.15) is 41.9 Å². The molecule has 0 aliphatic carbocycles. The van der Waals surface area contributed by atoms with Gasteiger partial charge in [-0.25, -0.2) is 0 Å². The number of furan rings is 1. The SMILES string of the molecule is COc1cc2c(C(=O)c3ccccc3)c(CCC(=O)NC(C)C)oc2c2ccccc12. The zero-order valence-electron chi connectivity index (χ0n) is 17.9. The molecule has 0 atom stereocenters. The van der Waals surface area contributed by atoms with Gasteiger partial charge in [0.05, 0.1) is 12.7 Å². The second-order valence-corrected chi connectivity index (χ2v) is 7.82. The Hall–Kier alpha value is -3.60. The molecule has 0 aliphatic heterocycles. The zero-order valence-corrected chi connectivity index (χ0v) is 17.9. The van der Waals surface area contributed by atoms with Gasteiger partial charge in [-0.3, -0.25) is 9.59 Å². The molecule has 0 saturated carbocycles. The maximum Gasteiger partial charge on any atom is 0.220 e. The van der Waals surface area contributed by atoms with Crippen LogP contribution >= 0.6 is 0 Å². The number of carbonyl (C=O) groups is 2. The normalized spacial score (nSPS) is 11.2. The van der Waals surface area contributed by atoms with Crippen LogP contribution in [0.4, 0.5) is 0 Å². The van der Waals surface area contributed by atoms with E-state index in [1.54, 1.807) is 19.2 Å². The Morgan fingerprint density at radius 1 is 0.968 bits per heavy atom. The summed E-state index contributed by atoms with van der Waals surface area (Å²) in [6.07, 6.45) is 0.569. The monoisotopic (exact) mass is 415 g/mol. The minimum Gasteiger partial charge on any atom is -0.496 e. The van der Waals surface area contributed by atoms with E-state index in [2.05, 4.69) is 5.32 Å². The highest BCUT2D eigenvalue weighted by atomic mass is 16.5. The molecule has 5 nitrogen and oxygen atoms in total. The Bertz CT molecular complexity index is 1250. The van der Waals surface area contributed by atoms with Crippen LogP contribution < -0.4 is 10.1 Å². The smallest absolute Gasteiger partial charge is 0.220 e. The van der Waals surface area contributed by atoms with Crippen LogP contribution in [0.15, 0.2) is 65.1 Å². The van der Waals surface area contributed by atoms with Gasteiger partial charge in [0.15, 0.2) is 5.78 Å². The van der Waals surface area contributed by atoms with Crippen LogP contribution in [-0.2, 0) is 11.2 Å². The van der Waals surface area contributed by atoms with E-state index in [1.165, 1.54) is 0 Å². The molecule has 0 saturated heterocycles. The maximum absolute atomic E-state index is 13.5. The summed E-state index contributed by atoms with van der Waals surface area (Å²) in [6.45, 7) is 3.84. The van der Waals surface area contributed by atoms with Crippen LogP contribution in [0.3, 0.4) is 0 Å². The summed E-state index contributed by atoms with van der Waals surface area (Å²) >= 11 is 0. The van der Waals surface area contributed by atoms with Crippen LogP contribution in [0.25, 0.3) is 21.7 Å². The number of fused-ring (bicyclic) bond motifs is 3. The van der Waals surface area contributed by atoms with Crippen molar-refractivity contribution in [1.29, 1.82) is 0 Å². The van der Waals surface area contributed by atoms with E-state index in [4.69, 9.17) is 9.15 Å². The third kappa shape index (κ3) is 4.04. The predicted molar refractivity (Wildman–Crippen MR) is 122 cm³/mol. The molecule has 4 aromatic rings. The molecule has 0 unspecified atom stereocenters. The van der Waals surface area contributed by atoms with Crippen molar-refractivity contribution in [3.63, 3.8) is 0 Å². The molecule has 0 bridgehead atoms. The van der Waals surface area contributed by atoms with Gasteiger partial charge in [0, 0.05) is 40.6 Å². The number of aryl methyl sites for hydroxylation is 1. The van der Waals surface area contributed by atoms with Crippen LogP contribution in [0.2, 0.25) is 0 Å². The first-order valence-corrected chi connectivity index (χ1v) is 10.4. The maximum atomic E-state index is 13.5. The van der Waals surface area contributed by atoms with Gasteiger partial charge in [0.25, 0.3) is 0 Å². The molecule has 3 aromatic carbocycles. The van der Waals surface area contributed by atoms with Crippen LogP contribution in [0.5, 0.6) is 5.75 Å². The molecule has 31 heavy (non-hydrogen) atoms. The van der Waals surface area contributed by atoms with Crippen molar-refractivity contribution in [2.75, 3.05) is 7.11 Å². The van der Waals surface area contributed by atoms with Gasteiger partial charge in [-0.05, 0) is 19.9 Å². The lowest BCUT2D eigenvalue weighted by atomic mass is 9.96.